The molecule has 1 aromatic heterocycles. The third-order valence-corrected chi connectivity index (χ3v) is 10.5. The van der Waals surface area contributed by atoms with Crippen LogP contribution in [-0.2, 0) is 32.6 Å². The van der Waals surface area contributed by atoms with E-state index in [-0.39, 0.29) is 28.8 Å². The van der Waals surface area contributed by atoms with Crippen LogP contribution in [0.2, 0.25) is 0 Å². The molecule has 0 atom stereocenters. The molecule has 0 spiro atoms. The zero-order chi connectivity index (χ0) is 28.0. The van der Waals surface area contributed by atoms with Crippen molar-refractivity contribution in [2.75, 3.05) is 19.3 Å². The molecule has 1 fully saturated rings. The summed E-state index contributed by atoms with van der Waals surface area (Å²) >= 11 is 0. The molecule has 0 saturated carbocycles. The Morgan fingerprint density at radius 1 is 0.821 bits per heavy atom. The number of piperidine rings is 1. The van der Waals surface area contributed by atoms with Crippen LogP contribution >= 0.6 is 0 Å². The molecule has 0 N–H and O–H groups in total. The lowest BCUT2D eigenvalue weighted by Gasteiger charge is -2.31. The molecule has 0 unspecified atom stereocenters. The summed E-state index contributed by atoms with van der Waals surface area (Å²) in [7, 11) is -7.74. The quantitative estimate of drug-likeness (QED) is 0.296. The number of sulfonamides is 1. The highest BCUT2D eigenvalue weighted by Gasteiger charge is 2.34. The fourth-order valence-corrected chi connectivity index (χ4v) is 8.31. The molecule has 4 aromatic rings. The number of alkyl halides is 3. The molecular formula is C28H27F3N2O4S2. The van der Waals surface area contributed by atoms with Gasteiger partial charge in [0.15, 0.2) is 9.84 Å². The Hall–Kier alpha value is -3.15. The first-order chi connectivity index (χ1) is 18.4. The minimum atomic E-state index is -4.39. The van der Waals surface area contributed by atoms with Crippen molar-refractivity contribution in [2.45, 2.75) is 41.3 Å². The first kappa shape index (κ1) is 27.4. The van der Waals surface area contributed by atoms with Crippen molar-refractivity contribution in [3.05, 3.63) is 95.7 Å². The summed E-state index contributed by atoms with van der Waals surface area (Å²) in [6.45, 7) is 0.876. The third-order valence-electron chi connectivity index (χ3n) is 7.21. The summed E-state index contributed by atoms with van der Waals surface area (Å²) < 4.78 is 93.4. The average molecular weight is 577 g/mol. The highest BCUT2D eigenvalue weighted by atomic mass is 32.2. The van der Waals surface area contributed by atoms with E-state index in [0.717, 1.165) is 40.4 Å². The first-order valence-electron chi connectivity index (χ1n) is 12.4. The van der Waals surface area contributed by atoms with Crippen LogP contribution < -0.4 is 0 Å². The van der Waals surface area contributed by atoms with Crippen molar-refractivity contribution in [2.24, 2.45) is 0 Å². The number of benzene rings is 3. The molecule has 0 bridgehead atoms. The summed E-state index contributed by atoms with van der Waals surface area (Å²) in [5.41, 5.74) is 2.06. The zero-order valence-corrected chi connectivity index (χ0v) is 22.7. The molecule has 0 radical (unpaired) electrons. The topological polar surface area (TPSA) is 76.4 Å². The average Bonchev–Trinajstić information content (AvgIpc) is 3.26. The molecule has 39 heavy (non-hydrogen) atoms. The standard InChI is InChI=1S/C28H27F3N2O4S2/c1-38(34,35)26-8-4-5-9-27(26)39(36,37)33-16-14-21(15-17-33)24-19-32(25-7-3-2-6-23(24)25)18-20-10-12-22(13-11-20)28(29,30)31/h2-13,19,21H,14-18H2,1H3. The SMILES string of the molecule is CS(=O)(=O)c1ccccc1S(=O)(=O)N1CCC(c2cn(Cc3ccc(C(F)(F)F)cc3)c3ccccc23)CC1. The van der Waals surface area contributed by atoms with Crippen molar-refractivity contribution in [3.8, 4) is 0 Å². The zero-order valence-electron chi connectivity index (χ0n) is 21.1. The molecule has 0 aliphatic carbocycles. The van der Waals surface area contributed by atoms with Gasteiger partial charge in [-0.2, -0.15) is 17.5 Å². The van der Waals surface area contributed by atoms with E-state index in [4.69, 9.17) is 0 Å². The molecular weight excluding hydrogens is 549 g/mol. The van der Waals surface area contributed by atoms with Gasteiger partial charge in [-0.1, -0.05) is 42.5 Å². The second kappa shape index (κ2) is 10.1. The van der Waals surface area contributed by atoms with Crippen molar-refractivity contribution in [3.63, 3.8) is 0 Å². The lowest BCUT2D eigenvalue weighted by Crippen LogP contribution is -2.38. The Bertz CT molecular complexity index is 1720. The van der Waals surface area contributed by atoms with E-state index in [1.165, 1.54) is 40.7 Å². The van der Waals surface area contributed by atoms with Crippen LogP contribution in [0.5, 0.6) is 0 Å². The second-order valence-corrected chi connectivity index (χ2v) is 13.7. The fraction of sp³-hybridized carbons (Fsp3) is 0.286. The summed E-state index contributed by atoms with van der Waals surface area (Å²) in [4.78, 5) is -0.419. The summed E-state index contributed by atoms with van der Waals surface area (Å²) in [5, 5.41) is 1.02. The number of rotatable bonds is 6. The Labute approximate surface area is 225 Å². The maximum atomic E-state index is 13.4. The highest BCUT2D eigenvalue weighted by molar-refractivity contribution is 7.93. The van der Waals surface area contributed by atoms with E-state index < -0.39 is 31.6 Å². The molecule has 1 aliphatic rings. The molecule has 1 saturated heterocycles. The van der Waals surface area contributed by atoms with Gasteiger partial charge in [-0.05, 0) is 60.2 Å². The van der Waals surface area contributed by atoms with E-state index >= 15 is 0 Å². The molecule has 3 aromatic carbocycles. The van der Waals surface area contributed by atoms with Crippen LogP contribution in [0, 0.1) is 0 Å². The van der Waals surface area contributed by atoms with Gasteiger partial charge in [0, 0.05) is 43.0 Å². The van der Waals surface area contributed by atoms with E-state index in [2.05, 4.69) is 0 Å². The Morgan fingerprint density at radius 2 is 1.41 bits per heavy atom. The van der Waals surface area contributed by atoms with Gasteiger partial charge in [0.2, 0.25) is 10.0 Å². The number of aromatic nitrogens is 1. The van der Waals surface area contributed by atoms with Gasteiger partial charge in [0.25, 0.3) is 0 Å². The van der Waals surface area contributed by atoms with Gasteiger partial charge < -0.3 is 4.57 Å². The second-order valence-electron chi connectivity index (χ2n) is 9.82. The van der Waals surface area contributed by atoms with Crippen LogP contribution in [0.4, 0.5) is 13.2 Å². The first-order valence-corrected chi connectivity index (χ1v) is 15.7. The number of para-hydroxylation sites is 1. The Kier molecular flexibility index (Phi) is 7.11. The van der Waals surface area contributed by atoms with Crippen LogP contribution in [0.1, 0.15) is 35.4 Å². The van der Waals surface area contributed by atoms with Gasteiger partial charge >= 0.3 is 6.18 Å². The Balaban J connectivity index is 1.38. The summed E-state index contributed by atoms with van der Waals surface area (Å²) in [5.74, 6) is 0.0698. The molecule has 2 heterocycles. The highest BCUT2D eigenvalue weighted by Crippen LogP contribution is 2.37. The monoisotopic (exact) mass is 576 g/mol. The maximum Gasteiger partial charge on any atom is 0.416 e. The van der Waals surface area contributed by atoms with Crippen LogP contribution in [-0.4, -0.2) is 45.1 Å². The number of halogens is 3. The van der Waals surface area contributed by atoms with Crippen LogP contribution in [0.25, 0.3) is 10.9 Å². The van der Waals surface area contributed by atoms with Gasteiger partial charge in [0.05, 0.1) is 10.5 Å². The molecule has 11 heteroatoms. The minimum Gasteiger partial charge on any atom is -0.343 e. The van der Waals surface area contributed by atoms with Crippen LogP contribution in [0.3, 0.4) is 0 Å². The minimum absolute atomic E-state index is 0.0698. The molecule has 206 valence electrons. The molecule has 0 amide bonds. The van der Waals surface area contributed by atoms with Crippen molar-refractivity contribution in [1.29, 1.82) is 0 Å². The summed E-state index contributed by atoms with van der Waals surface area (Å²) in [6, 6.07) is 18.6. The van der Waals surface area contributed by atoms with Gasteiger partial charge in [-0.3, -0.25) is 0 Å². The smallest absolute Gasteiger partial charge is 0.343 e. The molecule has 5 rings (SSSR count). The van der Waals surface area contributed by atoms with E-state index in [0.29, 0.717) is 19.4 Å². The van der Waals surface area contributed by atoms with Crippen LogP contribution in [0.15, 0.2) is 88.8 Å². The van der Waals surface area contributed by atoms with Crippen molar-refractivity contribution >= 4 is 30.8 Å². The predicted octanol–water partition coefficient (Wildman–Crippen LogP) is 5.68. The van der Waals surface area contributed by atoms with Gasteiger partial charge in [0.1, 0.15) is 4.90 Å². The summed E-state index contributed by atoms with van der Waals surface area (Å²) in [6.07, 6.45) is -0.283. The number of hydrogen-bond acceptors (Lipinski definition) is 4. The van der Waals surface area contributed by atoms with E-state index in [1.54, 1.807) is 0 Å². The normalized spacial score (nSPS) is 16.1. The number of sulfone groups is 1. The van der Waals surface area contributed by atoms with E-state index in [1.807, 2.05) is 35.0 Å². The maximum absolute atomic E-state index is 13.4. The lowest BCUT2D eigenvalue weighted by atomic mass is 9.90. The fourth-order valence-electron chi connectivity index (χ4n) is 5.24. The number of nitrogens with zero attached hydrogens (tertiary/aromatic N) is 2. The lowest BCUT2D eigenvalue weighted by molar-refractivity contribution is -0.137. The molecule has 6 nitrogen and oxygen atoms in total. The number of fused-ring (bicyclic) bond motifs is 1. The van der Waals surface area contributed by atoms with Crippen molar-refractivity contribution < 1.29 is 30.0 Å². The van der Waals surface area contributed by atoms with Gasteiger partial charge in [-0.15, -0.1) is 0 Å². The Morgan fingerprint density at radius 3 is 2.03 bits per heavy atom. The van der Waals surface area contributed by atoms with Crippen molar-refractivity contribution in [1.82, 2.24) is 8.87 Å². The molecule has 1 aliphatic heterocycles. The largest absolute Gasteiger partial charge is 0.416 e. The third kappa shape index (κ3) is 5.48. The van der Waals surface area contributed by atoms with E-state index in [9.17, 15) is 30.0 Å². The predicted molar refractivity (Wildman–Crippen MR) is 143 cm³/mol. The van der Waals surface area contributed by atoms with Gasteiger partial charge in [-0.25, -0.2) is 16.8 Å². The number of hydrogen-bond donors (Lipinski definition) is 0.